The lowest BCUT2D eigenvalue weighted by atomic mass is 10.2. The zero-order valence-electron chi connectivity index (χ0n) is 14.7. The van der Waals surface area contributed by atoms with Crippen molar-refractivity contribution >= 4 is 45.0 Å². The van der Waals surface area contributed by atoms with Gasteiger partial charge in [0.05, 0.1) is 0 Å². The highest BCUT2D eigenvalue weighted by atomic mass is 79.9. The van der Waals surface area contributed by atoms with Crippen molar-refractivity contribution in [1.29, 1.82) is 0 Å². The van der Waals surface area contributed by atoms with Crippen LogP contribution >= 0.6 is 15.9 Å². The molecule has 2 aromatic rings. The van der Waals surface area contributed by atoms with Crippen LogP contribution in [0.25, 0.3) is 0 Å². The lowest BCUT2D eigenvalue weighted by Crippen LogP contribution is -2.27. The van der Waals surface area contributed by atoms with E-state index in [2.05, 4.69) is 26.6 Å². The molecule has 1 aliphatic heterocycles. The van der Waals surface area contributed by atoms with Gasteiger partial charge in [0.1, 0.15) is 0 Å². The Hall–Kier alpha value is -2.67. The van der Waals surface area contributed by atoms with Gasteiger partial charge in [-0.2, -0.15) is 0 Å². The van der Waals surface area contributed by atoms with Gasteiger partial charge in [-0.25, -0.2) is 0 Å². The molecular weight excluding hydrogens is 410 g/mol. The zero-order valence-corrected chi connectivity index (χ0v) is 16.3. The van der Waals surface area contributed by atoms with Crippen molar-refractivity contribution < 1.29 is 14.4 Å². The number of carbonyl (C=O) groups excluding carboxylic acids is 3. The van der Waals surface area contributed by atoms with E-state index in [0.29, 0.717) is 24.2 Å². The van der Waals surface area contributed by atoms with E-state index in [0.717, 1.165) is 16.6 Å². The molecule has 0 spiro atoms. The molecule has 2 aromatic carbocycles. The van der Waals surface area contributed by atoms with Crippen LogP contribution in [-0.4, -0.2) is 30.8 Å². The van der Waals surface area contributed by atoms with Crippen LogP contribution in [0, 0.1) is 0 Å². The first-order chi connectivity index (χ1) is 13.0. The molecule has 0 unspecified atom stereocenters. The first-order valence-electron chi connectivity index (χ1n) is 8.77. The van der Waals surface area contributed by atoms with Crippen LogP contribution in [0.5, 0.6) is 0 Å². The number of benzene rings is 2. The summed E-state index contributed by atoms with van der Waals surface area (Å²) in [5.41, 5.74) is 1.97. The second kappa shape index (κ2) is 8.81. The Morgan fingerprint density at radius 2 is 1.89 bits per heavy atom. The molecule has 0 atom stereocenters. The lowest BCUT2D eigenvalue weighted by molar-refractivity contribution is -0.117. The fourth-order valence-electron chi connectivity index (χ4n) is 2.89. The van der Waals surface area contributed by atoms with Gasteiger partial charge >= 0.3 is 0 Å². The molecule has 1 fully saturated rings. The molecule has 0 aromatic heterocycles. The number of rotatable bonds is 6. The van der Waals surface area contributed by atoms with Gasteiger partial charge < -0.3 is 15.5 Å². The number of nitrogens with zero attached hydrogens (tertiary/aromatic N) is 1. The van der Waals surface area contributed by atoms with Gasteiger partial charge in [0.2, 0.25) is 11.8 Å². The second-order valence-electron chi connectivity index (χ2n) is 6.26. The highest BCUT2D eigenvalue weighted by molar-refractivity contribution is 9.10. The molecular formula is C20H20BrN3O3. The molecule has 27 heavy (non-hydrogen) atoms. The summed E-state index contributed by atoms with van der Waals surface area (Å²) in [5.74, 6) is -0.310. The molecule has 0 saturated carbocycles. The number of nitrogens with one attached hydrogen (secondary N) is 2. The highest BCUT2D eigenvalue weighted by Gasteiger charge is 2.21. The maximum atomic E-state index is 12.1. The van der Waals surface area contributed by atoms with Gasteiger partial charge in [-0.05, 0) is 48.9 Å². The topological polar surface area (TPSA) is 78.5 Å². The molecule has 3 amide bonds. The van der Waals surface area contributed by atoms with E-state index in [9.17, 15) is 14.4 Å². The SMILES string of the molecule is O=C(CCNC(=O)c1ccc(Br)cc1)Nc1cccc(N2CCCC2=O)c1. The minimum absolute atomic E-state index is 0.106. The van der Waals surface area contributed by atoms with E-state index in [-0.39, 0.29) is 30.7 Å². The monoisotopic (exact) mass is 429 g/mol. The minimum Gasteiger partial charge on any atom is -0.352 e. The predicted octanol–water partition coefficient (Wildman–Crippen LogP) is 3.33. The summed E-state index contributed by atoms with van der Waals surface area (Å²) in [6.45, 7) is 0.948. The number of amides is 3. The van der Waals surface area contributed by atoms with E-state index < -0.39 is 0 Å². The molecule has 1 saturated heterocycles. The van der Waals surface area contributed by atoms with Crippen molar-refractivity contribution in [3.8, 4) is 0 Å². The third-order valence-electron chi connectivity index (χ3n) is 4.26. The van der Waals surface area contributed by atoms with E-state index in [4.69, 9.17) is 0 Å². The fraction of sp³-hybridized carbons (Fsp3) is 0.250. The second-order valence-corrected chi connectivity index (χ2v) is 7.18. The molecule has 1 heterocycles. The van der Waals surface area contributed by atoms with Crippen molar-refractivity contribution in [3.05, 3.63) is 58.6 Å². The smallest absolute Gasteiger partial charge is 0.251 e. The third kappa shape index (κ3) is 5.17. The summed E-state index contributed by atoms with van der Waals surface area (Å²) in [7, 11) is 0. The molecule has 6 nitrogen and oxygen atoms in total. The lowest BCUT2D eigenvalue weighted by Gasteiger charge is -2.16. The van der Waals surface area contributed by atoms with Gasteiger partial charge in [-0.15, -0.1) is 0 Å². The van der Waals surface area contributed by atoms with Gasteiger partial charge in [-0.3, -0.25) is 14.4 Å². The normalized spacial score (nSPS) is 13.5. The molecule has 140 valence electrons. The average molecular weight is 430 g/mol. The molecule has 3 rings (SSSR count). The van der Waals surface area contributed by atoms with Crippen LogP contribution in [0.15, 0.2) is 53.0 Å². The van der Waals surface area contributed by atoms with Gasteiger partial charge in [0.15, 0.2) is 0 Å². The maximum absolute atomic E-state index is 12.1. The fourth-order valence-corrected chi connectivity index (χ4v) is 3.15. The summed E-state index contributed by atoms with van der Waals surface area (Å²) in [4.78, 5) is 37.7. The third-order valence-corrected chi connectivity index (χ3v) is 4.79. The van der Waals surface area contributed by atoms with Crippen LogP contribution in [0.2, 0.25) is 0 Å². The number of halogens is 1. The number of anilines is 2. The predicted molar refractivity (Wildman–Crippen MR) is 108 cm³/mol. The average Bonchev–Trinajstić information content (AvgIpc) is 3.08. The quantitative estimate of drug-likeness (QED) is 0.738. The van der Waals surface area contributed by atoms with Crippen LogP contribution in [0.4, 0.5) is 11.4 Å². The number of carbonyl (C=O) groups is 3. The standard InChI is InChI=1S/C20H20BrN3O3/c21-15-8-6-14(7-9-15)20(27)22-11-10-18(25)23-16-3-1-4-17(13-16)24-12-2-5-19(24)26/h1,3-4,6-9,13H,2,5,10-12H2,(H,22,27)(H,23,25). The number of hydrogen-bond donors (Lipinski definition) is 2. The van der Waals surface area contributed by atoms with Crippen molar-refractivity contribution in [1.82, 2.24) is 5.32 Å². The van der Waals surface area contributed by atoms with Crippen molar-refractivity contribution in [2.24, 2.45) is 0 Å². The summed E-state index contributed by atoms with van der Waals surface area (Å²) < 4.78 is 0.899. The van der Waals surface area contributed by atoms with Gasteiger partial charge in [0, 0.05) is 47.3 Å². The highest BCUT2D eigenvalue weighted by Crippen LogP contribution is 2.24. The molecule has 0 aliphatic carbocycles. The molecule has 7 heteroatoms. The van der Waals surface area contributed by atoms with E-state index in [1.807, 2.05) is 12.1 Å². The Bertz CT molecular complexity index is 852. The van der Waals surface area contributed by atoms with E-state index >= 15 is 0 Å². The first kappa shape index (κ1) is 19.1. The van der Waals surface area contributed by atoms with E-state index in [1.54, 1.807) is 41.3 Å². The van der Waals surface area contributed by atoms with Crippen LogP contribution in [0.3, 0.4) is 0 Å². The van der Waals surface area contributed by atoms with Crippen molar-refractivity contribution in [2.75, 3.05) is 23.3 Å². The van der Waals surface area contributed by atoms with Crippen LogP contribution in [-0.2, 0) is 9.59 Å². The largest absolute Gasteiger partial charge is 0.352 e. The Labute approximate surface area is 166 Å². The Balaban J connectivity index is 1.48. The van der Waals surface area contributed by atoms with Crippen LogP contribution < -0.4 is 15.5 Å². The van der Waals surface area contributed by atoms with Gasteiger partial charge in [0.25, 0.3) is 5.91 Å². The Morgan fingerprint density at radius 3 is 2.59 bits per heavy atom. The first-order valence-corrected chi connectivity index (χ1v) is 9.56. The number of hydrogen-bond acceptors (Lipinski definition) is 3. The molecule has 0 bridgehead atoms. The van der Waals surface area contributed by atoms with Gasteiger partial charge in [-0.1, -0.05) is 22.0 Å². The zero-order chi connectivity index (χ0) is 19.2. The maximum Gasteiger partial charge on any atom is 0.251 e. The summed E-state index contributed by atoms with van der Waals surface area (Å²) in [5, 5.41) is 5.54. The summed E-state index contributed by atoms with van der Waals surface area (Å²) in [6, 6.07) is 14.3. The summed E-state index contributed by atoms with van der Waals surface area (Å²) in [6.07, 6.45) is 1.58. The molecule has 0 radical (unpaired) electrons. The Morgan fingerprint density at radius 1 is 1.11 bits per heavy atom. The molecule has 2 N–H and O–H groups in total. The van der Waals surface area contributed by atoms with Crippen molar-refractivity contribution in [2.45, 2.75) is 19.3 Å². The van der Waals surface area contributed by atoms with Crippen LogP contribution in [0.1, 0.15) is 29.6 Å². The molecule has 1 aliphatic rings. The minimum atomic E-state index is -0.218. The Kier molecular flexibility index (Phi) is 6.24. The van der Waals surface area contributed by atoms with E-state index in [1.165, 1.54) is 0 Å². The summed E-state index contributed by atoms with van der Waals surface area (Å²) >= 11 is 3.32. The van der Waals surface area contributed by atoms with Crippen molar-refractivity contribution in [3.63, 3.8) is 0 Å².